The molecule has 2 aromatic carbocycles. The van der Waals surface area contributed by atoms with Crippen molar-refractivity contribution in [1.82, 2.24) is 4.90 Å². The second kappa shape index (κ2) is 7.09. The van der Waals surface area contributed by atoms with Crippen LogP contribution >= 0.6 is 0 Å². The average Bonchev–Trinajstić information content (AvgIpc) is 2.74. The van der Waals surface area contributed by atoms with E-state index in [0.717, 1.165) is 24.1 Å². The Morgan fingerprint density at radius 2 is 1.75 bits per heavy atom. The number of para-hydroxylation sites is 1. The summed E-state index contributed by atoms with van der Waals surface area (Å²) in [6.45, 7) is 1.58. The van der Waals surface area contributed by atoms with Crippen LogP contribution in [0.2, 0.25) is 0 Å². The highest BCUT2D eigenvalue weighted by Crippen LogP contribution is 2.37. The van der Waals surface area contributed by atoms with E-state index >= 15 is 0 Å². The number of ether oxygens (including phenoxy) is 3. The van der Waals surface area contributed by atoms with Crippen LogP contribution < -0.4 is 14.2 Å². The predicted molar refractivity (Wildman–Crippen MR) is 90.5 cm³/mol. The van der Waals surface area contributed by atoms with Crippen LogP contribution in [0.1, 0.15) is 17.2 Å². The lowest BCUT2D eigenvalue weighted by Crippen LogP contribution is -2.26. The molecule has 0 fully saturated rings. The first-order chi connectivity index (χ1) is 11.6. The third-order valence-corrected chi connectivity index (χ3v) is 4.34. The van der Waals surface area contributed by atoms with E-state index in [2.05, 4.69) is 4.90 Å². The molecule has 0 N–H and O–H groups in total. The number of methoxy groups -OCH3 is 2. The lowest BCUT2D eigenvalue weighted by Gasteiger charge is -2.23. The van der Waals surface area contributed by atoms with Crippen LogP contribution in [0.25, 0.3) is 0 Å². The summed E-state index contributed by atoms with van der Waals surface area (Å²) in [7, 11) is 5.28. The highest BCUT2D eigenvalue weighted by Gasteiger charge is 2.26. The minimum absolute atomic E-state index is 0.263. The van der Waals surface area contributed by atoms with Crippen molar-refractivity contribution in [3.8, 4) is 17.2 Å². The smallest absolute Gasteiger partial charge is 0.165 e. The fraction of sp³-hybridized carbons (Fsp3) is 0.368. The van der Waals surface area contributed by atoms with E-state index < -0.39 is 0 Å². The van der Waals surface area contributed by atoms with Gasteiger partial charge in [-0.1, -0.05) is 12.1 Å². The normalized spacial score (nSPS) is 17.8. The summed E-state index contributed by atoms with van der Waals surface area (Å²) < 4.78 is 30.9. The van der Waals surface area contributed by atoms with Crippen molar-refractivity contribution in [2.24, 2.45) is 0 Å². The van der Waals surface area contributed by atoms with Gasteiger partial charge >= 0.3 is 0 Å². The van der Waals surface area contributed by atoms with Crippen molar-refractivity contribution in [3.05, 3.63) is 53.3 Å². The molecule has 0 aromatic heterocycles. The third-order valence-electron chi connectivity index (χ3n) is 4.34. The Morgan fingerprint density at radius 3 is 2.46 bits per heavy atom. The monoisotopic (exact) mass is 331 g/mol. The van der Waals surface area contributed by atoms with Gasteiger partial charge in [-0.05, 0) is 43.3 Å². The first-order valence-corrected chi connectivity index (χ1v) is 7.97. The van der Waals surface area contributed by atoms with Crippen molar-refractivity contribution in [2.75, 3.05) is 34.4 Å². The van der Waals surface area contributed by atoms with Gasteiger partial charge in [0.2, 0.25) is 0 Å². The number of rotatable bonds is 4. The maximum atomic E-state index is 14.0. The number of halogens is 1. The lowest BCUT2D eigenvalue weighted by atomic mass is 10.00. The van der Waals surface area contributed by atoms with Gasteiger partial charge in [-0.3, -0.25) is 0 Å². The van der Waals surface area contributed by atoms with Gasteiger partial charge in [0.25, 0.3) is 0 Å². The molecule has 1 heterocycles. The first-order valence-electron chi connectivity index (χ1n) is 7.97. The molecule has 0 saturated heterocycles. The molecule has 128 valence electrons. The molecule has 1 atom stereocenters. The van der Waals surface area contributed by atoms with Crippen molar-refractivity contribution >= 4 is 0 Å². The molecule has 24 heavy (non-hydrogen) atoms. The zero-order valence-corrected chi connectivity index (χ0v) is 14.2. The largest absolute Gasteiger partial charge is 0.493 e. The minimum Gasteiger partial charge on any atom is -0.493 e. The van der Waals surface area contributed by atoms with Crippen LogP contribution in [0, 0.1) is 5.82 Å². The molecule has 3 rings (SSSR count). The molecule has 0 saturated carbocycles. The van der Waals surface area contributed by atoms with Gasteiger partial charge in [-0.2, -0.15) is 0 Å². The molecular formula is C19H22FNO3. The summed E-state index contributed by atoms with van der Waals surface area (Å²) in [4.78, 5) is 2.18. The molecule has 0 aliphatic carbocycles. The van der Waals surface area contributed by atoms with E-state index in [0.29, 0.717) is 18.0 Å². The molecule has 5 heteroatoms. The molecule has 0 radical (unpaired) electrons. The fourth-order valence-electron chi connectivity index (χ4n) is 3.03. The summed E-state index contributed by atoms with van der Waals surface area (Å²) in [6, 6.07) is 10.4. The maximum absolute atomic E-state index is 14.0. The minimum atomic E-state index is -0.355. The van der Waals surface area contributed by atoms with Gasteiger partial charge in [0, 0.05) is 18.7 Å². The first kappa shape index (κ1) is 16.6. The van der Waals surface area contributed by atoms with Crippen molar-refractivity contribution in [3.63, 3.8) is 0 Å². The number of nitrogens with zero attached hydrogens (tertiary/aromatic N) is 1. The average molecular weight is 331 g/mol. The molecule has 0 spiro atoms. The van der Waals surface area contributed by atoms with Gasteiger partial charge in [-0.25, -0.2) is 4.39 Å². The lowest BCUT2D eigenvalue weighted by molar-refractivity contribution is 0.150. The third kappa shape index (κ3) is 3.31. The number of benzene rings is 2. The highest BCUT2D eigenvalue weighted by molar-refractivity contribution is 5.49. The van der Waals surface area contributed by atoms with Gasteiger partial charge in [0.05, 0.1) is 14.2 Å². The van der Waals surface area contributed by atoms with Gasteiger partial charge in [0.1, 0.15) is 6.10 Å². The second-order valence-corrected chi connectivity index (χ2v) is 5.96. The van der Waals surface area contributed by atoms with E-state index in [1.165, 1.54) is 6.07 Å². The summed E-state index contributed by atoms with van der Waals surface area (Å²) in [5, 5.41) is 0. The summed E-state index contributed by atoms with van der Waals surface area (Å²) in [5.74, 6) is 1.26. The molecule has 2 aromatic rings. The van der Waals surface area contributed by atoms with Crippen molar-refractivity contribution < 1.29 is 18.6 Å². The van der Waals surface area contributed by atoms with E-state index in [-0.39, 0.29) is 17.7 Å². The van der Waals surface area contributed by atoms with E-state index in [4.69, 9.17) is 14.2 Å². The van der Waals surface area contributed by atoms with Gasteiger partial charge in [-0.15, -0.1) is 0 Å². The van der Waals surface area contributed by atoms with Crippen molar-refractivity contribution in [1.29, 1.82) is 0 Å². The summed E-state index contributed by atoms with van der Waals surface area (Å²) in [6.07, 6.45) is 0.604. The Kier molecular flexibility index (Phi) is 4.90. The molecule has 1 aliphatic rings. The Labute approximate surface area is 141 Å². The number of hydrogen-bond donors (Lipinski definition) is 0. The van der Waals surface area contributed by atoms with Crippen LogP contribution in [0.15, 0.2) is 36.4 Å². The Bertz CT molecular complexity index is 720. The fourth-order valence-corrected chi connectivity index (χ4v) is 3.03. The van der Waals surface area contributed by atoms with E-state index in [1.54, 1.807) is 32.4 Å². The van der Waals surface area contributed by atoms with Crippen LogP contribution in [-0.2, 0) is 6.42 Å². The summed E-state index contributed by atoms with van der Waals surface area (Å²) in [5.41, 5.74) is 2.15. The molecule has 0 amide bonds. The van der Waals surface area contributed by atoms with Crippen LogP contribution in [0.4, 0.5) is 4.39 Å². The van der Waals surface area contributed by atoms with Crippen LogP contribution in [0.5, 0.6) is 17.2 Å². The quantitative estimate of drug-likeness (QED) is 0.859. The highest BCUT2D eigenvalue weighted by atomic mass is 19.1. The Morgan fingerprint density at radius 1 is 1.04 bits per heavy atom. The maximum Gasteiger partial charge on any atom is 0.165 e. The molecule has 4 nitrogen and oxygen atoms in total. The second-order valence-electron chi connectivity index (χ2n) is 5.96. The Balaban J connectivity index is 2.01. The zero-order chi connectivity index (χ0) is 17.1. The van der Waals surface area contributed by atoms with Gasteiger partial charge in [0.15, 0.2) is 23.1 Å². The molecular weight excluding hydrogens is 309 g/mol. The zero-order valence-electron chi connectivity index (χ0n) is 14.2. The van der Waals surface area contributed by atoms with Crippen LogP contribution in [0.3, 0.4) is 0 Å². The van der Waals surface area contributed by atoms with Gasteiger partial charge < -0.3 is 19.1 Å². The number of hydrogen-bond acceptors (Lipinski definition) is 4. The van der Waals surface area contributed by atoms with E-state index in [9.17, 15) is 4.39 Å². The predicted octanol–water partition coefficient (Wildman–Crippen LogP) is 3.45. The summed E-state index contributed by atoms with van der Waals surface area (Å²) >= 11 is 0. The standard InChI is InChI=1S/C19H22FNO3/c1-21-9-8-13-10-17(22-2)18(23-3)11-14(13)19(12-21)24-16-7-5-4-6-15(16)20/h4-7,10-11,19H,8-9,12H2,1-3H3. The molecule has 1 unspecified atom stereocenters. The number of likely N-dealkylation sites (N-methyl/N-ethyl adjacent to an activating group) is 1. The molecule has 1 aliphatic heterocycles. The van der Waals surface area contributed by atoms with E-state index in [1.807, 2.05) is 19.2 Å². The Hall–Kier alpha value is -2.27. The number of fused-ring (bicyclic) bond motifs is 1. The van der Waals surface area contributed by atoms with Crippen molar-refractivity contribution in [2.45, 2.75) is 12.5 Å². The molecule has 0 bridgehead atoms. The van der Waals surface area contributed by atoms with Crippen LogP contribution in [-0.4, -0.2) is 39.3 Å². The SMILES string of the molecule is COc1cc2c(cc1OC)C(Oc1ccccc1F)CN(C)CC2. The topological polar surface area (TPSA) is 30.9 Å².